The van der Waals surface area contributed by atoms with Crippen LogP contribution in [0.4, 0.5) is 13.2 Å². The third kappa shape index (κ3) is 2.00. The molecule has 0 atom stereocenters. The maximum absolute atomic E-state index is 13.9. The largest absolute Gasteiger partial charge is 0.302 e. The summed E-state index contributed by atoms with van der Waals surface area (Å²) in [6.07, 6.45) is 0.806. The second kappa shape index (κ2) is 4.63. The van der Waals surface area contributed by atoms with Crippen molar-refractivity contribution < 1.29 is 13.2 Å². The van der Waals surface area contributed by atoms with Gasteiger partial charge < -0.3 is 4.90 Å². The number of hydrogen-bond donors (Lipinski definition) is 0. The van der Waals surface area contributed by atoms with E-state index in [4.69, 9.17) is 0 Å². The van der Waals surface area contributed by atoms with Crippen molar-refractivity contribution in [2.24, 2.45) is 7.05 Å². The number of likely N-dealkylation sites (N-methyl/N-ethyl adjacent to an activating group) is 1. The van der Waals surface area contributed by atoms with Crippen molar-refractivity contribution in [2.75, 3.05) is 13.6 Å². The van der Waals surface area contributed by atoms with Crippen LogP contribution in [0.25, 0.3) is 11.3 Å². The molecule has 0 saturated heterocycles. The zero-order chi connectivity index (χ0) is 14.4. The summed E-state index contributed by atoms with van der Waals surface area (Å²) >= 11 is 0. The summed E-state index contributed by atoms with van der Waals surface area (Å²) in [5, 5.41) is 4.29. The van der Waals surface area contributed by atoms with Crippen molar-refractivity contribution >= 4 is 0 Å². The Kier molecular flexibility index (Phi) is 3.05. The Labute approximate surface area is 114 Å². The quantitative estimate of drug-likeness (QED) is 0.749. The number of aryl methyl sites for hydroxylation is 1. The Hall–Kier alpha value is -1.82. The van der Waals surface area contributed by atoms with Crippen molar-refractivity contribution in [2.45, 2.75) is 13.0 Å². The van der Waals surface area contributed by atoms with E-state index in [-0.39, 0.29) is 5.56 Å². The Bertz CT molecular complexity index is 679. The van der Waals surface area contributed by atoms with Crippen molar-refractivity contribution in [3.05, 3.63) is 40.8 Å². The van der Waals surface area contributed by atoms with Crippen molar-refractivity contribution in [1.82, 2.24) is 14.7 Å². The van der Waals surface area contributed by atoms with Crippen LogP contribution < -0.4 is 0 Å². The summed E-state index contributed by atoms with van der Waals surface area (Å²) in [5.74, 6) is -3.05. The third-order valence-corrected chi connectivity index (χ3v) is 3.70. The van der Waals surface area contributed by atoms with Crippen molar-refractivity contribution in [3.63, 3.8) is 0 Å². The van der Waals surface area contributed by atoms with E-state index in [0.717, 1.165) is 30.3 Å². The van der Waals surface area contributed by atoms with Crippen LogP contribution in [0, 0.1) is 17.5 Å². The van der Waals surface area contributed by atoms with E-state index in [1.807, 2.05) is 7.05 Å². The molecule has 0 saturated carbocycles. The van der Waals surface area contributed by atoms with E-state index in [1.54, 1.807) is 11.7 Å². The van der Waals surface area contributed by atoms with Gasteiger partial charge in [-0.2, -0.15) is 5.10 Å². The monoisotopic (exact) mass is 281 g/mol. The van der Waals surface area contributed by atoms with Gasteiger partial charge in [0.15, 0.2) is 11.6 Å². The molecule has 2 heterocycles. The van der Waals surface area contributed by atoms with E-state index < -0.39 is 17.5 Å². The molecule has 3 nitrogen and oxygen atoms in total. The van der Waals surface area contributed by atoms with Crippen molar-refractivity contribution in [1.29, 1.82) is 0 Å². The molecule has 20 heavy (non-hydrogen) atoms. The Morgan fingerprint density at radius 1 is 1.05 bits per heavy atom. The van der Waals surface area contributed by atoms with E-state index in [2.05, 4.69) is 10.00 Å². The number of halogens is 3. The first kappa shape index (κ1) is 13.2. The van der Waals surface area contributed by atoms with Gasteiger partial charge in [-0.15, -0.1) is 0 Å². The maximum Gasteiger partial charge on any atom is 0.161 e. The first-order valence-corrected chi connectivity index (χ1v) is 6.35. The number of fused-ring (bicyclic) bond motifs is 1. The van der Waals surface area contributed by atoms with Crippen LogP contribution in [-0.4, -0.2) is 28.3 Å². The molecule has 1 aromatic carbocycles. The van der Waals surface area contributed by atoms with E-state index in [9.17, 15) is 13.2 Å². The van der Waals surface area contributed by atoms with E-state index in [0.29, 0.717) is 18.3 Å². The van der Waals surface area contributed by atoms with Gasteiger partial charge in [0.25, 0.3) is 0 Å². The molecule has 106 valence electrons. The normalized spacial score (nSPS) is 15.4. The number of aromatic nitrogens is 2. The molecule has 0 radical (unpaired) electrons. The van der Waals surface area contributed by atoms with Gasteiger partial charge in [0, 0.05) is 49.4 Å². The van der Waals surface area contributed by atoms with Crippen LogP contribution in [0.2, 0.25) is 0 Å². The summed E-state index contributed by atoms with van der Waals surface area (Å²) < 4.78 is 42.0. The van der Waals surface area contributed by atoms with Gasteiger partial charge in [-0.3, -0.25) is 4.68 Å². The lowest BCUT2D eigenvalue weighted by atomic mass is 10.0. The highest BCUT2D eigenvalue weighted by atomic mass is 19.2. The second-order valence-electron chi connectivity index (χ2n) is 5.13. The van der Waals surface area contributed by atoms with Crippen LogP contribution in [0.5, 0.6) is 0 Å². The lowest BCUT2D eigenvalue weighted by Crippen LogP contribution is -2.27. The molecule has 6 heteroatoms. The van der Waals surface area contributed by atoms with Gasteiger partial charge in [0.2, 0.25) is 0 Å². The molecule has 0 unspecified atom stereocenters. The van der Waals surface area contributed by atoms with E-state index in [1.165, 1.54) is 0 Å². The molecule has 0 fully saturated rings. The SMILES string of the molecule is CN1CCc2c(c(-c3cc(F)c(F)cc3F)nn2C)C1. The highest BCUT2D eigenvalue weighted by Crippen LogP contribution is 2.31. The zero-order valence-electron chi connectivity index (χ0n) is 11.3. The number of benzene rings is 1. The summed E-state index contributed by atoms with van der Waals surface area (Å²) in [5.41, 5.74) is 2.30. The Morgan fingerprint density at radius 2 is 1.75 bits per heavy atom. The molecule has 3 rings (SSSR count). The standard InChI is InChI=1S/C14H14F3N3/c1-19-4-3-13-9(7-19)14(18-20(13)2)8-5-11(16)12(17)6-10(8)15/h5-6H,3-4,7H2,1-2H3. The van der Waals surface area contributed by atoms with Crippen LogP contribution >= 0.6 is 0 Å². The van der Waals surface area contributed by atoms with Crippen LogP contribution in [0.1, 0.15) is 11.3 Å². The van der Waals surface area contributed by atoms with Gasteiger partial charge in [-0.1, -0.05) is 0 Å². The highest BCUT2D eigenvalue weighted by molar-refractivity contribution is 5.65. The predicted octanol–water partition coefficient (Wildman–Crippen LogP) is 2.49. The minimum absolute atomic E-state index is 0.0102. The molecule has 0 aliphatic carbocycles. The average molecular weight is 281 g/mol. The molecule has 0 bridgehead atoms. The molecular formula is C14H14F3N3. The van der Waals surface area contributed by atoms with Crippen LogP contribution in [0.3, 0.4) is 0 Å². The number of hydrogen-bond acceptors (Lipinski definition) is 2. The summed E-state index contributed by atoms with van der Waals surface area (Å²) in [6, 6.07) is 1.44. The fourth-order valence-corrected chi connectivity index (χ4v) is 2.65. The minimum atomic E-state index is -1.19. The molecule has 0 N–H and O–H groups in total. The highest BCUT2D eigenvalue weighted by Gasteiger charge is 2.25. The molecule has 1 aliphatic rings. The Morgan fingerprint density at radius 3 is 2.50 bits per heavy atom. The predicted molar refractivity (Wildman–Crippen MR) is 68.6 cm³/mol. The third-order valence-electron chi connectivity index (χ3n) is 3.70. The van der Waals surface area contributed by atoms with Crippen LogP contribution in [-0.2, 0) is 20.0 Å². The first-order chi connectivity index (χ1) is 9.47. The number of nitrogens with zero attached hydrogens (tertiary/aromatic N) is 3. The van der Waals surface area contributed by atoms with Gasteiger partial charge in [-0.05, 0) is 13.1 Å². The Balaban J connectivity index is 2.18. The maximum atomic E-state index is 13.9. The molecule has 2 aromatic rings. The molecule has 1 aromatic heterocycles. The summed E-state index contributed by atoms with van der Waals surface area (Å²) in [6.45, 7) is 1.52. The van der Waals surface area contributed by atoms with Gasteiger partial charge in [0.05, 0.1) is 0 Å². The topological polar surface area (TPSA) is 21.1 Å². The lowest BCUT2D eigenvalue weighted by Gasteiger charge is -2.23. The second-order valence-corrected chi connectivity index (χ2v) is 5.13. The van der Waals surface area contributed by atoms with Gasteiger partial charge in [0.1, 0.15) is 11.5 Å². The molecule has 1 aliphatic heterocycles. The molecule has 0 spiro atoms. The number of rotatable bonds is 1. The summed E-state index contributed by atoms with van der Waals surface area (Å²) in [4.78, 5) is 2.09. The minimum Gasteiger partial charge on any atom is -0.302 e. The summed E-state index contributed by atoms with van der Waals surface area (Å²) in [7, 11) is 3.74. The molecule has 0 amide bonds. The van der Waals surface area contributed by atoms with E-state index >= 15 is 0 Å². The van der Waals surface area contributed by atoms with Crippen molar-refractivity contribution in [3.8, 4) is 11.3 Å². The molecular weight excluding hydrogens is 267 g/mol. The smallest absolute Gasteiger partial charge is 0.161 e. The van der Waals surface area contributed by atoms with Gasteiger partial charge in [-0.25, -0.2) is 13.2 Å². The lowest BCUT2D eigenvalue weighted by molar-refractivity contribution is 0.309. The fourth-order valence-electron chi connectivity index (χ4n) is 2.65. The van der Waals surface area contributed by atoms with Crippen LogP contribution in [0.15, 0.2) is 12.1 Å². The average Bonchev–Trinajstić information content (AvgIpc) is 2.70. The zero-order valence-corrected chi connectivity index (χ0v) is 11.3. The first-order valence-electron chi connectivity index (χ1n) is 6.35. The fraction of sp³-hybridized carbons (Fsp3) is 0.357. The van der Waals surface area contributed by atoms with Gasteiger partial charge >= 0.3 is 0 Å².